The Labute approximate surface area is 108 Å². The molecule has 0 aliphatic rings. The van der Waals surface area contributed by atoms with Crippen LogP contribution in [0.1, 0.15) is 30.1 Å². The van der Waals surface area contributed by atoms with E-state index in [0.29, 0.717) is 18.0 Å². The van der Waals surface area contributed by atoms with Gasteiger partial charge in [-0.3, -0.25) is 4.79 Å². The van der Waals surface area contributed by atoms with Crippen molar-refractivity contribution in [2.45, 2.75) is 24.7 Å². The van der Waals surface area contributed by atoms with E-state index >= 15 is 0 Å². The molecule has 1 aromatic rings. The number of carbonyl (C=O) groups is 1. The fourth-order valence-corrected chi connectivity index (χ4v) is 1.61. The average molecular weight is 253 g/mol. The minimum absolute atomic E-state index is 0.0602. The molecule has 0 saturated heterocycles. The molecule has 0 fully saturated rings. The molecular formula is C13H19NO2S. The Morgan fingerprint density at radius 3 is 2.65 bits per heavy atom. The molecule has 4 heteroatoms. The summed E-state index contributed by atoms with van der Waals surface area (Å²) in [7, 11) is 0. The fraction of sp³-hybridized carbons (Fsp3) is 0.462. The van der Waals surface area contributed by atoms with Gasteiger partial charge in [-0.25, -0.2) is 0 Å². The van der Waals surface area contributed by atoms with Crippen LogP contribution in [0, 0.1) is 5.92 Å². The molecule has 1 rings (SSSR count). The SMILES string of the molecule is CC(CO)CCCNC(=O)c1ccc(S)cc1. The van der Waals surface area contributed by atoms with Crippen molar-refractivity contribution in [1.29, 1.82) is 0 Å². The fourth-order valence-electron chi connectivity index (χ4n) is 1.46. The summed E-state index contributed by atoms with van der Waals surface area (Å²) in [5.74, 6) is 0.241. The summed E-state index contributed by atoms with van der Waals surface area (Å²) in [4.78, 5) is 12.5. The summed E-state index contributed by atoms with van der Waals surface area (Å²) in [6, 6.07) is 7.11. The Bertz CT molecular complexity index is 351. The quantitative estimate of drug-likeness (QED) is 0.537. The van der Waals surface area contributed by atoms with Crippen molar-refractivity contribution >= 4 is 18.5 Å². The van der Waals surface area contributed by atoms with Gasteiger partial charge in [-0.05, 0) is 43.0 Å². The van der Waals surface area contributed by atoms with Crippen LogP contribution in [0.25, 0.3) is 0 Å². The number of hydrogen-bond donors (Lipinski definition) is 3. The standard InChI is InChI=1S/C13H19NO2S/c1-10(9-15)3-2-8-14-13(16)11-4-6-12(17)7-5-11/h4-7,10,15,17H,2-3,8-9H2,1H3,(H,14,16). The van der Waals surface area contributed by atoms with Gasteiger partial charge in [0.25, 0.3) is 5.91 Å². The minimum Gasteiger partial charge on any atom is -0.396 e. The van der Waals surface area contributed by atoms with E-state index in [9.17, 15) is 4.79 Å². The molecule has 3 nitrogen and oxygen atoms in total. The highest BCUT2D eigenvalue weighted by molar-refractivity contribution is 7.80. The summed E-state index contributed by atoms with van der Waals surface area (Å²) in [5.41, 5.74) is 0.651. The smallest absolute Gasteiger partial charge is 0.251 e. The van der Waals surface area contributed by atoms with Crippen LogP contribution >= 0.6 is 12.6 Å². The largest absolute Gasteiger partial charge is 0.396 e. The molecule has 2 N–H and O–H groups in total. The van der Waals surface area contributed by atoms with Gasteiger partial charge in [0.2, 0.25) is 0 Å². The number of aliphatic hydroxyl groups excluding tert-OH is 1. The van der Waals surface area contributed by atoms with Crippen LogP contribution in [0.5, 0.6) is 0 Å². The number of rotatable bonds is 6. The average Bonchev–Trinajstić information content (AvgIpc) is 2.34. The Morgan fingerprint density at radius 2 is 2.06 bits per heavy atom. The molecule has 0 aromatic heterocycles. The Morgan fingerprint density at radius 1 is 1.41 bits per heavy atom. The molecule has 0 saturated carbocycles. The van der Waals surface area contributed by atoms with Crippen LogP contribution in [0.2, 0.25) is 0 Å². The van der Waals surface area contributed by atoms with Gasteiger partial charge < -0.3 is 10.4 Å². The van der Waals surface area contributed by atoms with Crippen molar-refractivity contribution < 1.29 is 9.90 Å². The number of nitrogens with one attached hydrogen (secondary N) is 1. The van der Waals surface area contributed by atoms with Gasteiger partial charge in [0.05, 0.1) is 0 Å². The second-order valence-corrected chi connectivity index (χ2v) is 4.75. The molecule has 0 spiro atoms. The van der Waals surface area contributed by atoms with E-state index in [0.717, 1.165) is 17.7 Å². The van der Waals surface area contributed by atoms with Crippen molar-refractivity contribution in [3.63, 3.8) is 0 Å². The first-order valence-electron chi connectivity index (χ1n) is 5.81. The normalized spacial score (nSPS) is 12.2. The lowest BCUT2D eigenvalue weighted by Crippen LogP contribution is -2.24. The molecule has 0 heterocycles. The number of benzene rings is 1. The van der Waals surface area contributed by atoms with Crippen LogP contribution < -0.4 is 5.32 Å². The van der Waals surface area contributed by atoms with Crippen LogP contribution in [0.4, 0.5) is 0 Å². The van der Waals surface area contributed by atoms with Gasteiger partial charge in [-0.15, -0.1) is 12.6 Å². The van der Waals surface area contributed by atoms with Crippen LogP contribution in [-0.2, 0) is 0 Å². The third-order valence-electron chi connectivity index (χ3n) is 2.60. The molecule has 94 valence electrons. The van der Waals surface area contributed by atoms with E-state index < -0.39 is 0 Å². The number of hydrogen-bond acceptors (Lipinski definition) is 3. The molecule has 1 aromatic carbocycles. The maximum Gasteiger partial charge on any atom is 0.251 e. The third kappa shape index (κ3) is 5.24. The van der Waals surface area contributed by atoms with Crippen molar-refractivity contribution in [2.75, 3.05) is 13.2 Å². The van der Waals surface area contributed by atoms with E-state index in [4.69, 9.17) is 5.11 Å². The van der Waals surface area contributed by atoms with E-state index in [1.54, 1.807) is 24.3 Å². The molecule has 1 atom stereocenters. The lowest BCUT2D eigenvalue weighted by Gasteiger charge is -2.08. The monoisotopic (exact) mass is 253 g/mol. The topological polar surface area (TPSA) is 49.3 Å². The van der Waals surface area contributed by atoms with Crippen molar-refractivity contribution in [3.8, 4) is 0 Å². The zero-order valence-electron chi connectivity index (χ0n) is 10.0. The maximum absolute atomic E-state index is 11.7. The van der Waals surface area contributed by atoms with Crippen molar-refractivity contribution in [3.05, 3.63) is 29.8 Å². The van der Waals surface area contributed by atoms with Crippen LogP contribution in [0.15, 0.2) is 29.2 Å². The number of thiol groups is 1. The number of carbonyl (C=O) groups excluding carboxylic acids is 1. The lowest BCUT2D eigenvalue weighted by molar-refractivity contribution is 0.0952. The predicted octanol–water partition coefficient (Wildman–Crippen LogP) is 2.11. The minimum atomic E-state index is -0.0602. The first-order chi connectivity index (χ1) is 8.13. The van der Waals surface area contributed by atoms with E-state index in [1.165, 1.54) is 0 Å². The molecule has 0 bridgehead atoms. The predicted molar refractivity (Wildman–Crippen MR) is 71.5 cm³/mol. The molecule has 1 unspecified atom stereocenters. The summed E-state index contributed by atoms with van der Waals surface area (Å²) in [6.45, 7) is 2.84. The second kappa shape index (κ2) is 7.35. The van der Waals surface area contributed by atoms with Crippen molar-refractivity contribution in [2.24, 2.45) is 5.92 Å². The number of aliphatic hydroxyl groups is 1. The van der Waals surface area contributed by atoms with Crippen molar-refractivity contribution in [1.82, 2.24) is 5.32 Å². The Kier molecular flexibility index (Phi) is 6.08. The summed E-state index contributed by atoms with van der Waals surface area (Å²) >= 11 is 4.16. The highest BCUT2D eigenvalue weighted by Crippen LogP contribution is 2.08. The summed E-state index contributed by atoms with van der Waals surface area (Å²) in [6.07, 6.45) is 1.81. The molecule has 0 aliphatic carbocycles. The summed E-state index contributed by atoms with van der Waals surface area (Å²) < 4.78 is 0. The lowest BCUT2D eigenvalue weighted by atomic mass is 10.1. The van der Waals surface area contributed by atoms with Gasteiger partial charge in [-0.2, -0.15) is 0 Å². The molecule has 0 aliphatic heterocycles. The first kappa shape index (κ1) is 14.1. The maximum atomic E-state index is 11.7. The molecule has 17 heavy (non-hydrogen) atoms. The molecular weight excluding hydrogens is 234 g/mol. The molecule has 0 radical (unpaired) electrons. The van der Waals surface area contributed by atoms with Gasteiger partial charge in [0.15, 0.2) is 0 Å². The Balaban J connectivity index is 2.28. The third-order valence-corrected chi connectivity index (χ3v) is 2.90. The summed E-state index contributed by atoms with van der Waals surface area (Å²) in [5, 5.41) is 11.7. The number of amides is 1. The van der Waals surface area contributed by atoms with E-state index in [-0.39, 0.29) is 12.5 Å². The van der Waals surface area contributed by atoms with Gasteiger partial charge in [-0.1, -0.05) is 6.92 Å². The van der Waals surface area contributed by atoms with Gasteiger partial charge in [0, 0.05) is 23.6 Å². The van der Waals surface area contributed by atoms with Crippen LogP contribution in [-0.4, -0.2) is 24.2 Å². The Hall–Kier alpha value is -1.00. The first-order valence-corrected chi connectivity index (χ1v) is 6.26. The van der Waals surface area contributed by atoms with E-state index in [2.05, 4.69) is 17.9 Å². The van der Waals surface area contributed by atoms with Gasteiger partial charge >= 0.3 is 0 Å². The highest BCUT2D eigenvalue weighted by Gasteiger charge is 2.04. The van der Waals surface area contributed by atoms with E-state index in [1.807, 2.05) is 6.92 Å². The zero-order chi connectivity index (χ0) is 12.7. The molecule has 1 amide bonds. The van der Waals surface area contributed by atoms with Crippen LogP contribution in [0.3, 0.4) is 0 Å². The second-order valence-electron chi connectivity index (χ2n) is 4.23. The zero-order valence-corrected chi connectivity index (χ0v) is 10.9. The highest BCUT2D eigenvalue weighted by atomic mass is 32.1. The van der Waals surface area contributed by atoms with Gasteiger partial charge in [0.1, 0.15) is 0 Å².